The molecule has 0 fully saturated rings. The third-order valence-corrected chi connectivity index (χ3v) is 1.95. The highest BCUT2D eigenvalue weighted by molar-refractivity contribution is 5.54. The molecule has 15 heavy (non-hydrogen) atoms. The maximum Gasteiger partial charge on any atom is 0.203 e. The molecule has 76 valence electrons. The fraction of sp³-hybridized carbons (Fsp3) is 0.200. The largest absolute Gasteiger partial charge is 0.392 e. The summed E-state index contributed by atoms with van der Waals surface area (Å²) in [5, 5.41) is 24.5. The zero-order chi connectivity index (χ0) is 10.7. The molecule has 2 aromatic rings. The molecule has 0 aliphatic rings. The van der Waals surface area contributed by atoms with Crippen LogP contribution in [-0.4, -0.2) is 25.5 Å². The summed E-state index contributed by atoms with van der Waals surface area (Å²) >= 11 is 0. The third-order valence-electron chi connectivity index (χ3n) is 1.95. The molecule has 0 spiro atoms. The van der Waals surface area contributed by atoms with Crippen LogP contribution in [0.2, 0.25) is 0 Å². The average Bonchev–Trinajstić information content (AvgIpc) is 2.30. The molecule has 1 heterocycles. The van der Waals surface area contributed by atoms with Crippen molar-refractivity contribution < 1.29 is 5.11 Å². The highest BCUT2D eigenvalue weighted by Gasteiger charge is 2.02. The van der Waals surface area contributed by atoms with Crippen molar-refractivity contribution in [2.45, 2.75) is 13.5 Å². The molecule has 0 aliphatic carbocycles. The number of rotatable bonds is 2. The van der Waals surface area contributed by atoms with Crippen molar-refractivity contribution in [3.8, 4) is 11.4 Å². The first-order valence-corrected chi connectivity index (χ1v) is 4.54. The minimum atomic E-state index is 0.000554. The minimum absolute atomic E-state index is 0.000554. The molecule has 5 heteroatoms. The van der Waals surface area contributed by atoms with E-state index in [-0.39, 0.29) is 6.61 Å². The first kappa shape index (κ1) is 9.67. The number of nitrogens with zero attached hydrogens (tertiary/aromatic N) is 4. The molecule has 2 rings (SSSR count). The van der Waals surface area contributed by atoms with Crippen LogP contribution in [-0.2, 0) is 6.61 Å². The molecule has 0 saturated carbocycles. The van der Waals surface area contributed by atoms with Crippen molar-refractivity contribution in [2.24, 2.45) is 0 Å². The molecule has 1 N–H and O–H groups in total. The van der Waals surface area contributed by atoms with Gasteiger partial charge in [-0.1, -0.05) is 18.2 Å². The quantitative estimate of drug-likeness (QED) is 0.777. The van der Waals surface area contributed by atoms with Crippen LogP contribution in [0.3, 0.4) is 0 Å². The molecule has 0 unspecified atom stereocenters. The number of benzene rings is 1. The summed E-state index contributed by atoms with van der Waals surface area (Å²) in [5.41, 5.74) is 1.62. The van der Waals surface area contributed by atoms with Crippen LogP contribution in [0.15, 0.2) is 24.3 Å². The molecule has 0 bridgehead atoms. The SMILES string of the molecule is Cc1nnc(-c2cccc(CO)c2)nn1. The van der Waals surface area contributed by atoms with Gasteiger partial charge in [0.1, 0.15) is 0 Å². The number of aromatic nitrogens is 4. The van der Waals surface area contributed by atoms with Gasteiger partial charge < -0.3 is 5.11 Å². The van der Waals surface area contributed by atoms with Gasteiger partial charge >= 0.3 is 0 Å². The zero-order valence-electron chi connectivity index (χ0n) is 8.25. The number of aryl methyl sites for hydroxylation is 1. The molecule has 0 aliphatic heterocycles. The molecular weight excluding hydrogens is 192 g/mol. The molecule has 1 aromatic heterocycles. The topological polar surface area (TPSA) is 71.8 Å². The van der Waals surface area contributed by atoms with Gasteiger partial charge in [0.25, 0.3) is 0 Å². The Morgan fingerprint density at radius 2 is 1.87 bits per heavy atom. The van der Waals surface area contributed by atoms with Crippen LogP contribution in [0.25, 0.3) is 11.4 Å². The number of aliphatic hydroxyl groups is 1. The van der Waals surface area contributed by atoms with Crippen molar-refractivity contribution in [3.63, 3.8) is 0 Å². The Hall–Kier alpha value is -1.88. The summed E-state index contributed by atoms with van der Waals surface area (Å²) in [5.74, 6) is 1.01. The second-order valence-electron chi connectivity index (χ2n) is 3.13. The van der Waals surface area contributed by atoms with Gasteiger partial charge in [-0.3, -0.25) is 0 Å². The first-order chi connectivity index (χ1) is 7.29. The first-order valence-electron chi connectivity index (χ1n) is 4.54. The second-order valence-corrected chi connectivity index (χ2v) is 3.13. The van der Waals surface area contributed by atoms with E-state index < -0.39 is 0 Å². The zero-order valence-corrected chi connectivity index (χ0v) is 8.25. The van der Waals surface area contributed by atoms with Gasteiger partial charge in [0, 0.05) is 5.56 Å². The standard InChI is InChI=1S/C10H10N4O/c1-7-11-13-10(14-12-7)9-4-2-3-8(5-9)6-15/h2-5,15H,6H2,1H3. The van der Waals surface area contributed by atoms with E-state index in [1.165, 1.54) is 0 Å². The normalized spacial score (nSPS) is 10.3. The molecule has 0 amide bonds. The van der Waals surface area contributed by atoms with Crippen molar-refractivity contribution in [1.29, 1.82) is 0 Å². The van der Waals surface area contributed by atoms with E-state index >= 15 is 0 Å². The van der Waals surface area contributed by atoms with Crippen LogP contribution < -0.4 is 0 Å². The summed E-state index contributed by atoms with van der Waals surface area (Å²) in [6, 6.07) is 7.34. The van der Waals surface area contributed by atoms with Gasteiger partial charge in [-0.25, -0.2) is 0 Å². The second kappa shape index (κ2) is 4.10. The highest BCUT2D eigenvalue weighted by Crippen LogP contribution is 2.14. The predicted molar refractivity (Wildman–Crippen MR) is 53.7 cm³/mol. The lowest BCUT2D eigenvalue weighted by Gasteiger charge is -2.00. The van der Waals surface area contributed by atoms with Crippen LogP contribution in [0, 0.1) is 6.92 Å². The Kier molecular flexibility index (Phi) is 2.64. The van der Waals surface area contributed by atoms with E-state index in [0.717, 1.165) is 11.1 Å². The molecule has 0 radical (unpaired) electrons. The monoisotopic (exact) mass is 202 g/mol. The Morgan fingerprint density at radius 1 is 1.13 bits per heavy atom. The average molecular weight is 202 g/mol. The van der Waals surface area contributed by atoms with Crippen LogP contribution in [0.1, 0.15) is 11.4 Å². The van der Waals surface area contributed by atoms with Gasteiger partial charge in [-0.2, -0.15) is 0 Å². The Bertz CT molecular complexity index is 455. The summed E-state index contributed by atoms with van der Waals surface area (Å²) in [6.45, 7) is 1.73. The third kappa shape index (κ3) is 2.13. The maximum atomic E-state index is 8.98. The summed E-state index contributed by atoms with van der Waals surface area (Å²) in [7, 11) is 0. The van der Waals surface area contributed by atoms with Gasteiger partial charge in [-0.15, -0.1) is 20.4 Å². The maximum absolute atomic E-state index is 8.98. The van der Waals surface area contributed by atoms with E-state index in [2.05, 4.69) is 20.4 Å². The lowest BCUT2D eigenvalue weighted by molar-refractivity contribution is 0.282. The van der Waals surface area contributed by atoms with Crippen molar-refractivity contribution in [1.82, 2.24) is 20.4 Å². The van der Waals surface area contributed by atoms with Crippen LogP contribution in [0.5, 0.6) is 0 Å². The van der Waals surface area contributed by atoms with Crippen molar-refractivity contribution in [2.75, 3.05) is 0 Å². The molecular formula is C10H10N4O. The van der Waals surface area contributed by atoms with E-state index in [1.807, 2.05) is 24.3 Å². The number of aliphatic hydroxyl groups excluding tert-OH is 1. The Labute approximate surface area is 86.8 Å². The van der Waals surface area contributed by atoms with Crippen LogP contribution in [0.4, 0.5) is 0 Å². The summed E-state index contributed by atoms with van der Waals surface area (Å²) in [6.07, 6.45) is 0. The van der Waals surface area contributed by atoms with Gasteiger partial charge in [0.15, 0.2) is 5.82 Å². The number of hydrogen-bond donors (Lipinski definition) is 1. The van der Waals surface area contributed by atoms with Gasteiger partial charge in [0.2, 0.25) is 5.82 Å². The molecule has 0 atom stereocenters. The van der Waals surface area contributed by atoms with E-state index in [0.29, 0.717) is 11.6 Å². The number of hydrogen-bond acceptors (Lipinski definition) is 5. The molecule has 5 nitrogen and oxygen atoms in total. The summed E-state index contributed by atoms with van der Waals surface area (Å²) in [4.78, 5) is 0. The minimum Gasteiger partial charge on any atom is -0.392 e. The fourth-order valence-corrected chi connectivity index (χ4v) is 1.20. The molecule has 0 saturated heterocycles. The summed E-state index contributed by atoms with van der Waals surface area (Å²) < 4.78 is 0. The molecule has 1 aromatic carbocycles. The Morgan fingerprint density at radius 3 is 2.53 bits per heavy atom. The van der Waals surface area contributed by atoms with E-state index in [9.17, 15) is 0 Å². The van der Waals surface area contributed by atoms with E-state index in [1.54, 1.807) is 6.92 Å². The van der Waals surface area contributed by atoms with E-state index in [4.69, 9.17) is 5.11 Å². The van der Waals surface area contributed by atoms with Crippen LogP contribution >= 0.6 is 0 Å². The smallest absolute Gasteiger partial charge is 0.203 e. The van der Waals surface area contributed by atoms with Crippen molar-refractivity contribution in [3.05, 3.63) is 35.7 Å². The lowest BCUT2D eigenvalue weighted by atomic mass is 10.1. The highest BCUT2D eigenvalue weighted by atomic mass is 16.3. The predicted octanol–water partition coefficient (Wildman–Crippen LogP) is 0.734. The lowest BCUT2D eigenvalue weighted by Crippen LogP contribution is -1.98. The van der Waals surface area contributed by atoms with Gasteiger partial charge in [-0.05, 0) is 18.6 Å². The fourth-order valence-electron chi connectivity index (χ4n) is 1.20. The van der Waals surface area contributed by atoms with Crippen molar-refractivity contribution >= 4 is 0 Å². The Balaban J connectivity index is 2.40. The van der Waals surface area contributed by atoms with Gasteiger partial charge in [0.05, 0.1) is 6.61 Å².